The predicted molar refractivity (Wildman–Crippen MR) is 161 cm³/mol. The van der Waals surface area contributed by atoms with Crippen LogP contribution in [0.3, 0.4) is 0 Å². The van der Waals surface area contributed by atoms with E-state index in [1.54, 1.807) is 11.1 Å². The highest BCUT2D eigenvalue weighted by Crippen LogP contribution is 2.44. The number of carbonyl (C=O) groups excluding carboxylic acids is 1. The molecule has 0 radical (unpaired) electrons. The van der Waals surface area contributed by atoms with Gasteiger partial charge in [0.15, 0.2) is 5.82 Å². The summed E-state index contributed by atoms with van der Waals surface area (Å²) in [5, 5.41) is 4.82. The Morgan fingerprint density at radius 1 is 1.21 bits per heavy atom. The number of ether oxygens (including phenoxy) is 1. The number of rotatable bonds is 10. The summed E-state index contributed by atoms with van der Waals surface area (Å²) in [4.78, 5) is 26.3. The van der Waals surface area contributed by atoms with Gasteiger partial charge in [-0.2, -0.15) is 0 Å². The summed E-state index contributed by atoms with van der Waals surface area (Å²) < 4.78 is 23.8. The zero-order chi connectivity index (χ0) is 29.0. The fourth-order valence-electron chi connectivity index (χ4n) is 6.26. The first-order valence-electron chi connectivity index (χ1n) is 15.0. The summed E-state index contributed by atoms with van der Waals surface area (Å²) in [7, 11) is 2.06. The van der Waals surface area contributed by atoms with E-state index in [4.69, 9.17) is 9.72 Å². The molecule has 220 valence electrons. The molecule has 7 rings (SSSR count). The molecule has 0 saturated heterocycles. The van der Waals surface area contributed by atoms with Crippen LogP contribution in [0, 0.1) is 5.92 Å². The Morgan fingerprint density at radius 3 is 2.83 bits per heavy atom. The minimum absolute atomic E-state index is 0.0591. The minimum atomic E-state index is -0.420. The Kier molecular flexibility index (Phi) is 6.59. The number of imidazole rings is 1. The van der Waals surface area contributed by atoms with Crippen molar-refractivity contribution in [1.29, 1.82) is 0 Å². The largest absolute Gasteiger partial charge is 0.489 e. The average Bonchev–Trinajstić information content (AvgIpc) is 3.34. The maximum atomic E-state index is 13.2. The molecule has 2 aliphatic heterocycles. The van der Waals surface area contributed by atoms with E-state index >= 15 is 0 Å². The first-order chi connectivity index (χ1) is 20.3. The van der Waals surface area contributed by atoms with Crippen LogP contribution in [0.4, 0.5) is 15.9 Å². The number of para-hydroxylation sites is 1. The van der Waals surface area contributed by atoms with Crippen molar-refractivity contribution in [2.45, 2.75) is 57.8 Å². The normalized spacial score (nSPS) is 18.4. The summed E-state index contributed by atoms with van der Waals surface area (Å²) in [6.07, 6.45) is 8.96. The summed E-state index contributed by atoms with van der Waals surface area (Å²) in [5.74, 6) is 2.32. The lowest BCUT2D eigenvalue weighted by Crippen LogP contribution is -2.38. The number of hydrogen-bond donors (Lipinski definition) is 1. The van der Waals surface area contributed by atoms with Crippen LogP contribution >= 0.6 is 0 Å². The van der Waals surface area contributed by atoms with Crippen molar-refractivity contribution in [3.63, 3.8) is 0 Å². The molecule has 1 N–H and O–H groups in total. The highest BCUT2D eigenvalue weighted by molar-refractivity contribution is 5.98. The lowest BCUT2D eigenvalue weighted by atomic mass is 10.0. The fraction of sp³-hybridized carbons (Fsp3) is 0.469. The number of alkyl halides is 1. The van der Waals surface area contributed by atoms with Crippen LogP contribution in [0.1, 0.15) is 61.0 Å². The van der Waals surface area contributed by atoms with E-state index in [1.807, 2.05) is 18.6 Å². The Hall–Kier alpha value is -4.08. The van der Waals surface area contributed by atoms with Gasteiger partial charge in [0, 0.05) is 50.9 Å². The van der Waals surface area contributed by atoms with Gasteiger partial charge in [-0.05, 0) is 57.2 Å². The number of amides is 1. The number of carbonyl (C=O) groups is 1. The van der Waals surface area contributed by atoms with E-state index in [-0.39, 0.29) is 17.6 Å². The lowest BCUT2D eigenvalue weighted by molar-refractivity contribution is 0.0733. The summed E-state index contributed by atoms with van der Waals surface area (Å²) in [6, 6.07) is 10.5. The smallest absolute Gasteiger partial charge is 0.255 e. The topological polar surface area (TPSA) is 80.5 Å². The molecule has 1 aliphatic carbocycles. The number of hydrogen-bond acceptors (Lipinski definition) is 6. The molecular weight excluding hydrogens is 533 g/mol. The van der Waals surface area contributed by atoms with Crippen LogP contribution < -0.4 is 15.0 Å². The van der Waals surface area contributed by atoms with Crippen LogP contribution in [0.15, 0.2) is 49.1 Å². The van der Waals surface area contributed by atoms with Gasteiger partial charge in [0.25, 0.3) is 5.91 Å². The second-order valence-electron chi connectivity index (χ2n) is 12.5. The Morgan fingerprint density at radius 2 is 2.07 bits per heavy atom. The molecular formula is C32H38FN7O2. The standard InChI is InChI=1S/C32H38FN7O2/c1-32(2,39-15-12-34-20-39)19-42-27-7-4-6-22-16-26(40(28(22)27)18-21-8-9-21)30-36-25-17-23-24(35-29(25)37(30)3)10-14-38(31(23)41)13-5-11-33/h4,6-7,12,15-17,20-21,30,36H,5,8-11,13-14,18-19H2,1-3H3. The number of halogens is 1. The van der Waals surface area contributed by atoms with E-state index < -0.39 is 6.67 Å². The lowest BCUT2D eigenvalue weighted by Gasteiger charge is -2.28. The van der Waals surface area contributed by atoms with E-state index in [9.17, 15) is 9.18 Å². The van der Waals surface area contributed by atoms with Crippen LogP contribution in [0.5, 0.6) is 5.75 Å². The number of aromatic nitrogens is 4. The van der Waals surface area contributed by atoms with Gasteiger partial charge in [-0.1, -0.05) is 12.1 Å². The molecule has 0 bridgehead atoms. The van der Waals surface area contributed by atoms with E-state index in [0.717, 1.165) is 46.1 Å². The van der Waals surface area contributed by atoms with Crippen molar-refractivity contribution >= 4 is 28.3 Å². The predicted octanol–water partition coefficient (Wildman–Crippen LogP) is 5.38. The van der Waals surface area contributed by atoms with Gasteiger partial charge in [0.2, 0.25) is 0 Å². The van der Waals surface area contributed by atoms with Gasteiger partial charge >= 0.3 is 0 Å². The molecule has 0 spiro atoms. The molecule has 1 atom stereocenters. The number of benzene rings is 1. The zero-order valence-electron chi connectivity index (χ0n) is 24.5. The van der Waals surface area contributed by atoms with Crippen molar-refractivity contribution in [2.24, 2.45) is 5.92 Å². The Balaban J connectivity index is 1.22. The van der Waals surface area contributed by atoms with Crippen molar-refractivity contribution < 1.29 is 13.9 Å². The SMILES string of the molecule is CN1c2nc3c(cc2NC1c1cc2cccc(OCC(C)(C)n4ccnc4)c2n1CC1CC1)C(=O)N(CCCF)CC3. The van der Waals surface area contributed by atoms with Crippen LogP contribution in [0.25, 0.3) is 10.9 Å². The maximum Gasteiger partial charge on any atom is 0.255 e. The van der Waals surface area contributed by atoms with Crippen molar-refractivity contribution in [1.82, 2.24) is 24.0 Å². The van der Waals surface area contributed by atoms with Gasteiger partial charge in [0.1, 0.15) is 18.5 Å². The molecule has 42 heavy (non-hydrogen) atoms. The van der Waals surface area contributed by atoms with Crippen molar-refractivity contribution in [3.8, 4) is 5.75 Å². The number of pyridine rings is 1. The van der Waals surface area contributed by atoms with Gasteiger partial charge in [-0.25, -0.2) is 9.97 Å². The molecule has 1 amide bonds. The van der Waals surface area contributed by atoms with Gasteiger partial charge in [-0.3, -0.25) is 9.18 Å². The summed E-state index contributed by atoms with van der Waals surface area (Å²) in [6.45, 7) is 6.33. The Bertz CT molecular complexity index is 1630. The maximum absolute atomic E-state index is 13.2. The first-order valence-corrected chi connectivity index (χ1v) is 15.0. The third-order valence-electron chi connectivity index (χ3n) is 8.91. The molecule has 1 saturated carbocycles. The van der Waals surface area contributed by atoms with E-state index in [1.165, 1.54) is 12.8 Å². The highest BCUT2D eigenvalue weighted by atomic mass is 19.1. The first kappa shape index (κ1) is 26.8. The summed E-state index contributed by atoms with van der Waals surface area (Å²) in [5.41, 5.74) is 4.29. The second kappa shape index (κ2) is 10.3. The fourth-order valence-corrected chi connectivity index (χ4v) is 6.26. The van der Waals surface area contributed by atoms with Crippen LogP contribution in [-0.2, 0) is 18.5 Å². The molecule has 1 fully saturated rings. The molecule has 5 heterocycles. The van der Waals surface area contributed by atoms with Crippen molar-refractivity contribution in [3.05, 3.63) is 66.0 Å². The number of fused-ring (bicyclic) bond motifs is 3. The monoisotopic (exact) mass is 571 g/mol. The molecule has 10 heteroatoms. The average molecular weight is 572 g/mol. The van der Waals surface area contributed by atoms with Gasteiger partial charge < -0.3 is 29.0 Å². The number of anilines is 2. The quantitative estimate of drug-likeness (QED) is 0.276. The minimum Gasteiger partial charge on any atom is -0.489 e. The van der Waals surface area contributed by atoms with Gasteiger partial charge in [-0.15, -0.1) is 0 Å². The van der Waals surface area contributed by atoms with E-state index in [2.05, 4.69) is 69.5 Å². The zero-order valence-corrected chi connectivity index (χ0v) is 24.5. The molecule has 1 unspecified atom stereocenters. The molecule has 3 aliphatic rings. The molecule has 1 aromatic carbocycles. The highest BCUT2D eigenvalue weighted by Gasteiger charge is 2.36. The summed E-state index contributed by atoms with van der Waals surface area (Å²) >= 11 is 0. The molecule has 4 aromatic rings. The number of nitrogens with one attached hydrogen (secondary N) is 1. The van der Waals surface area contributed by atoms with Crippen LogP contribution in [-0.4, -0.2) is 63.3 Å². The third kappa shape index (κ3) is 4.66. The molecule has 9 nitrogen and oxygen atoms in total. The van der Waals surface area contributed by atoms with Gasteiger partial charge in [0.05, 0.1) is 46.7 Å². The third-order valence-corrected chi connectivity index (χ3v) is 8.91. The van der Waals surface area contributed by atoms with Crippen LogP contribution in [0.2, 0.25) is 0 Å². The van der Waals surface area contributed by atoms with E-state index in [0.29, 0.717) is 44.0 Å². The van der Waals surface area contributed by atoms with Crippen molar-refractivity contribution in [2.75, 3.05) is 43.6 Å². The number of nitrogens with zero attached hydrogens (tertiary/aromatic N) is 6. The molecule has 3 aromatic heterocycles. The second-order valence-corrected chi connectivity index (χ2v) is 12.5. The Labute approximate surface area is 245 Å².